The van der Waals surface area contributed by atoms with Gasteiger partial charge in [-0.3, -0.25) is 4.90 Å². The predicted octanol–water partition coefficient (Wildman–Crippen LogP) is 2.39. The van der Waals surface area contributed by atoms with Crippen molar-refractivity contribution in [1.82, 2.24) is 10.2 Å². The van der Waals surface area contributed by atoms with Crippen LogP contribution in [0, 0.1) is 5.92 Å². The van der Waals surface area contributed by atoms with E-state index >= 15 is 0 Å². The third-order valence-electron chi connectivity index (χ3n) is 4.28. The topological polar surface area (TPSA) is 44.7 Å². The summed E-state index contributed by atoms with van der Waals surface area (Å²) in [4.78, 5) is 2.48. The molecule has 0 aliphatic carbocycles. The number of phenolic OH excluding ortho intramolecular Hbond substituents is 1. The smallest absolute Gasteiger partial charge is 0.124 e. The van der Waals surface area contributed by atoms with E-state index in [2.05, 4.69) is 24.1 Å². The van der Waals surface area contributed by atoms with E-state index < -0.39 is 0 Å². The fraction of sp³-hybridized carbons (Fsp3) is 0.625. The maximum atomic E-state index is 10.3. The van der Waals surface area contributed by atoms with Crippen LogP contribution < -0.4 is 10.1 Å². The number of piperazine rings is 1. The third kappa shape index (κ3) is 3.25. The van der Waals surface area contributed by atoms with Crippen LogP contribution in [0.5, 0.6) is 11.5 Å². The summed E-state index contributed by atoms with van der Waals surface area (Å²) in [5.74, 6) is 1.55. The SMILES string of the molecule is CCC(C)[C@H](c1ccc(OC)cc1O)N1CCNCC1. The Morgan fingerprint density at radius 2 is 2.05 bits per heavy atom. The molecular weight excluding hydrogens is 252 g/mol. The third-order valence-corrected chi connectivity index (χ3v) is 4.28. The minimum absolute atomic E-state index is 0.271. The van der Waals surface area contributed by atoms with Gasteiger partial charge in [0.05, 0.1) is 7.11 Å². The fourth-order valence-corrected chi connectivity index (χ4v) is 2.95. The molecule has 1 unspecified atom stereocenters. The average Bonchev–Trinajstić information content (AvgIpc) is 2.50. The molecule has 0 radical (unpaired) electrons. The van der Waals surface area contributed by atoms with Crippen LogP contribution in [0.4, 0.5) is 0 Å². The number of benzene rings is 1. The van der Waals surface area contributed by atoms with Crippen molar-refractivity contribution in [3.63, 3.8) is 0 Å². The first kappa shape index (κ1) is 15.1. The van der Waals surface area contributed by atoms with E-state index in [1.807, 2.05) is 12.1 Å². The highest BCUT2D eigenvalue weighted by Gasteiger charge is 2.28. The molecule has 1 fully saturated rings. The molecule has 20 heavy (non-hydrogen) atoms. The highest BCUT2D eigenvalue weighted by molar-refractivity contribution is 5.41. The first-order valence-electron chi connectivity index (χ1n) is 7.49. The van der Waals surface area contributed by atoms with Crippen molar-refractivity contribution < 1.29 is 9.84 Å². The number of hydrogen-bond donors (Lipinski definition) is 2. The molecule has 0 bridgehead atoms. The second kappa shape index (κ2) is 6.95. The van der Waals surface area contributed by atoms with Gasteiger partial charge in [0.25, 0.3) is 0 Å². The summed E-state index contributed by atoms with van der Waals surface area (Å²) in [6.07, 6.45) is 1.10. The maximum absolute atomic E-state index is 10.3. The van der Waals surface area contributed by atoms with E-state index in [1.165, 1.54) is 0 Å². The van der Waals surface area contributed by atoms with Crippen LogP contribution in [0.3, 0.4) is 0 Å². The molecule has 1 heterocycles. The van der Waals surface area contributed by atoms with Gasteiger partial charge in [0, 0.05) is 43.9 Å². The molecule has 112 valence electrons. The van der Waals surface area contributed by atoms with Gasteiger partial charge in [-0.25, -0.2) is 0 Å². The van der Waals surface area contributed by atoms with Crippen molar-refractivity contribution in [2.24, 2.45) is 5.92 Å². The lowest BCUT2D eigenvalue weighted by atomic mass is 9.90. The molecule has 2 N–H and O–H groups in total. The van der Waals surface area contributed by atoms with Crippen LogP contribution in [0.2, 0.25) is 0 Å². The van der Waals surface area contributed by atoms with Gasteiger partial charge in [0.15, 0.2) is 0 Å². The molecule has 0 aromatic heterocycles. The monoisotopic (exact) mass is 278 g/mol. The molecule has 1 saturated heterocycles. The number of nitrogens with one attached hydrogen (secondary N) is 1. The van der Waals surface area contributed by atoms with Gasteiger partial charge >= 0.3 is 0 Å². The van der Waals surface area contributed by atoms with Crippen molar-refractivity contribution >= 4 is 0 Å². The molecule has 0 saturated carbocycles. The zero-order valence-electron chi connectivity index (χ0n) is 12.7. The molecule has 4 nitrogen and oxygen atoms in total. The van der Waals surface area contributed by atoms with E-state index in [0.29, 0.717) is 17.4 Å². The van der Waals surface area contributed by atoms with E-state index in [9.17, 15) is 5.11 Å². The molecule has 2 rings (SSSR count). The largest absolute Gasteiger partial charge is 0.507 e. The Morgan fingerprint density at radius 1 is 1.35 bits per heavy atom. The lowest BCUT2D eigenvalue weighted by molar-refractivity contribution is 0.126. The van der Waals surface area contributed by atoms with Crippen molar-refractivity contribution in [3.8, 4) is 11.5 Å². The molecule has 0 amide bonds. The lowest BCUT2D eigenvalue weighted by Crippen LogP contribution is -2.46. The molecule has 1 aromatic rings. The number of ether oxygens (including phenoxy) is 1. The summed E-state index contributed by atoms with van der Waals surface area (Å²) >= 11 is 0. The summed E-state index contributed by atoms with van der Waals surface area (Å²) in [6, 6.07) is 5.93. The van der Waals surface area contributed by atoms with Gasteiger partial charge < -0.3 is 15.2 Å². The number of phenols is 1. The first-order chi connectivity index (χ1) is 9.67. The molecule has 1 aromatic carbocycles. The maximum Gasteiger partial charge on any atom is 0.124 e. The van der Waals surface area contributed by atoms with Crippen molar-refractivity contribution in [3.05, 3.63) is 23.8 Å². The summed E-state index contributed by atoms with van der Waals surface area (Å²) in [7, 11) is 1.62. The molecule has 0 spiro atoms. The molecule has 2 atom stereocenters. The fourth-order valence-electron chi connectivity index (χ4n) is 2.95. The van der Waals surface area contributed by atoms with Crippen molar-refractivity contribution in [2.45, 2.75) is 26.3 Å². The van der Waals surface area contributed by atoms with E-state index in [0.717, 1.165) is 38.2 Å². The van der Waals surface area contributed by atoms with E-state index in [-0.39, 0.29) is 6.04 Å². The Labute approximate surface area is 121 Å². The second-order valence-electron chi connectivity index (χ2n) is 5.54. The predicted molar refractivity (Wildman–Crippen MR) is 81.3 cm³/mol. The van der Waals surface area contributed by atoms with Gasteiger partial charge in [-0.05, 0) is 12.0 Å². The van der Waals surface area contributed by atoms with Gasteiger partial charge in [-0.2, -0.15) is 0 Å². The Bertz CT molecular complexity index is 430. The normalized spacial score (nSPS) is 19.6. The highest BCUT2D eigenvalue weighted by atomic mass is 16.5. The van der Waals surface area contributed by atoms with Crippen LogP contribution in [-0.4, -0.2) is 43.3 Å². The summed E-state index contributed by atoms with van der Waals surface area (Å²) in [5.41, 5.74) is 1.02. The lowest BCUT2D eigenvalue weighted by Gasteiger charge is -2.38. The Hall–Kier alpha value is -1.26. The zero-order chi connectivity index (χ0) is 14.5. The van der Waals surface area contributed by atoms with Gasteiger partial charge in [0.2, 0.25) is 0 Å². The quantitative estimate of drug-likeness (QED) is 0.868. The van der Waals surface area contributed by atoms with E-state index in [4.69, 9.17) is 4.74 Å². The van der Waals surface area contributed by atoms with Gasteiger partial charge in [-0.1, -0.05) is 26.3 Å². The Balaban J connectivity index is 2.30. The van der Waals surface area contributed by atoms with Gasteiger partial charge in [0.1, 0.15) is 11.5 Å². The molecule has 1 aliphatic rings. The highest BCUT2D eigenvalue weighted by Crippen LogP contribution is 2.37. The molecule has 1 aliphatic heterocycles. The van der Waals surface area contributed by atoms with Crippen LogP contribution in [0.15, 0.2) is 18.2 Å². The van der Waals surface area contributed by atoms with Crippen LogP contribution in [0.25, 0.3) is 0 Å². The number of aromatic hydroxyl groups is 1. The van der Waals surface area contributed by atoms with Crippen molar-refractivity contribution in [2.75, 3.05) is 33.3 Å². The second-order valence-corrected chi connectivity index (χ2v) is 5.54. The Kier molecular flexibility index (Phi) is 5.26. The zero-order valence-corrected chi connectivity index (χ0v) is 12.7. The number of hydrogen-bond acceptors (Lipinski definition) is 4. The Morgan fingerprint density at radius 3 is 2.60 bits per heavy atom. The molecule has 4 heteroatoms. The summed E-state index contributed by atoms with van der Waals surface area (Å²) < 4.78 is 5.18. The van der Waals surface area contributed by atoms with Crippen molar-refractivity contribution in [1.29, 1.82) is 0 Å². The summed E-state index contributed by atoms with van der Waals surface area (Å²) in [6.45, 7) is 8.56. The first-order valence-corrected chi connectivity index (χ1v) is 7.49. The van der Waals surface area contributed by atoms with Crippen LogP contribution >= 0.6 is 0 Å². The minimum Gasteiger partial charge on any atom is -0.507 e. The van der Waals surface area contributed by atoms with Crippen LogP contribution in [-0.2, 0) is 0 Å². The minimum atomic E-state index is 0.271. The number of rotatable bonds is 5. The number of nitrogens with zero attached hydrogens (tertiary/aromatic N) is 1. The van der Waals surface area contributed by atoms with Crippen LogP contribution in [0.1, 0.15) is 31.9 Å². The standard InChI is InChI=1S/C16H26N2O2/c1-4-12(2)16(18-9-7-17-8-10-18)14-6-5-13(20-3)11-15(14)19/h5-6,11-12,16-17,19H,4,7-10H2,1-3H3/t12?,16-/m1/s1. The molecular formula is C16H26N2O2. The number of methoxy groups -OCH3 is 1. The van der Waals surface area contributed by atoms with E-state index in [1.54, 1.807) is 13.2 Å². The van der Waals surface area contributed by atoms with Gasteiger partial charge in [-0.15, -0.1) is 0 Å². The average molecular weight is 278 g/mol. The summed E-state index contributed by atoms with van der Waals surface area (Å²) in [5, 5.41) is 13.7.